The van der Waals surface area contributed by atoms with Crippen molar-refractivity contribution < 1.29 is 33.8 Å². The van der Waals surface area contributed by atoms with Crippen molar-refractivity contribution >= 4 is 23.9 Å². The first-order chi connectivity index (χ1) is 16.3. The second-order valence-corrected chi connectivity index (χ2v) is 9.18. The predicted molar refractivity (Wildman–Crippen MR) is 131 cm³/mol. The average Bonchev–Trinajstić information content (AvgIpc) is 2.73. The Labute approximate surface area is 207 Å². The summed E-state index contributed by atoms with van der Waals surface area (Å²) in [6.07, 6.45) is -0.874. The molecule has 0 bridgehead atoms. The van der Waals surface area contributed by atoms with Gasteiger partial charge in [0.1, 0.15) is 17.7 Å². The van der Waals surface area contributed by atoms with E-state index in [0.29, 0.717) is 5.56 Å². The summed E-state index contributed by atoms with van der Waals surface area (Å²) in [5.41, 5.74) is 1.58. The smallest absolute Gasteiger partial charge is 0.408 e. The molecule has 3 amide bonds. The van der Waals surface area contributed by atoms with Gasteiger partial charge in [0.15, 0.2) is 0 Å². The molecule has 1 aromatic rings. The number of carbonyl (C=O) groups is 4. The summed E-state index contributed by atoms with van der Waals surface area (Å²) in [5.74, 6) is -1.59. The summed E-state index contributed by atoms with van der Waals surface area (Å²) in [5, 5.41) is 14.9. The van der Waals surface area contributed by atoms with Gasteiger partial charge in [-0.2, -0.15) is 0 Å². The Bertz CT molecular complexity index is 875. The highest BCUT2D eigenvalue weighted by Gasteiger charge is 2.35. The fourth-order valence-corrected chi connectivity index (χ4v) is 3.56. The van der Waals surface area contributed by atoms with E-state index < -0.39 is 48.2 Å². The molecule has 0 aromatic heterocycles. The zero-order valence-corrected chi connectivity index (χ0v) is 21.8. The standard InChI is InChI=1S/C25H39N3O7/c1-8-28(23(32)19(15-29)27-24(33)35-25(5,6)7)21(18-13-16(3)12-17(4)14-18)22(31)26-11-10-20(30)34-9-2/h12-14,19,21,29H,8-11,15H2,1-7H3,(H,26,31)(H,27,33). The Morgan fingerprint density at radius 1 is 1.06 bits per heavy atom. The van der Waals surface area contributed by atoms with E-state index in [2.05, 4.69) is 10.6 Å². The quantitative estimate of drug-likeness (QED) is 0.402. The average molecular weight is 494 g/mol. The number of carbonyl (C=O) groups excluding carboxylic acids is 4. The van der Waals surface area contributed by atoms with Gasteiger partial charge >= 0.3 is 12.1 Å². The van der Waals surface area contributed by atoms with Crippen molar-refractivity contribution in [2.24, 2.45) is 0 Å². The molecule has 10 nitrogen and oxygen atoms in total. The number of hydrogen-bond donors (Lipinski definition) is 3. The lowest BCUT2D eigenvalue weighted by Gasteiger charge is -2.33. The minimum absolute atomic E-state index is 0.0152. The van der Waals surface area contributed by atoms with Gasteiger partial charge < -0.3 is 30.1 Å². The molecule has 35 heavy (non-hydrogen) atoms. The molecule has 0 heterocycles. The maximum atomic E-state index is 13.4. The number of alkyl carbamates (subject to hydrolysis) is 1. The highest BCUT2D eigenvalue weighted by molar-refractivity contribution is 5.92. The Hall–Kier alpha value is -3.14. The number of aryl methyl sites for hydroxylation is 2. The molecule has 196 valence electrons. The van der Waals surface area contributed by atoms with Crippen molar-refractivity contribution in [3.63, 3.8) is 0 Å². The number of likely N-dealkylation sites (N-methyl/N-ethyl adjacent to an activating group) is 1. The summed E-state index contributed by atoms with van der Waals surface area (Å²) in [4.78, 5) is 51.9. The van der Waals surface area contributed by atoms with Crippen LogP contribution in [-0.4, -0.2) is 71.8 Å². The number of hydrogen-bond acceptors (Lipinski definition) is 7. The molecule has 0 aliphatic carbocycles. The van der Waals surface area contributed by atoms with Crippen molar-refractivity contribution in [1.29, 1.82) is 0 Å². The topological polar surface area (TPSA) is 134 Å². The third-order valence-electron chi connectivity index (χ3n) is 4.85. The number of aliphatic hydroxyl groups is 1. The molecule has 2 unspecified atom stereocenters. The monoisotopic (exact) mass is 493 g/mol. The van der Waals surface area contributed by atoms with Crippen LogP contribution in [0.2, 0.25) is 0 Å². The van der Waals surface area contributed by atoms with Gasteiger partial charge in [0.25, 0.3) is 0 Å². The number of ether oxygens (including phenoxy) is 2. The molecule has 3 N–H and O–H groups in total. The van der Waals surface area contributed by atoms with Gasteiger partial charge in [-0.1, -0.05) is 29.3 Å². The summed E-state index contributed by atoms with van der Waals surface area (Å²) in [6.45, 7) is 11.9. The minimum Gasteiger partial charge on any atom is -0.466 e. The van der Waals surface area contributed by atoms with Crippen LogP contribution in [-0.2, 0) is 23.9 Å². The normalized spacial score (nSPS) is 12.8. The molecule has 0 aliphatic rings. The number of aliphatic hydroxyl groups excluding tert-OH is 1. The van der Waals surface area contributed by atoms with Crippen molar-refractivity contribution in [3.05, 3.63) is 34.9 Å². The fourth-order valence-electron chi connectivity index (χ4n) is 3.56. The molecule has 0 saturated heterocycles. The second kappa shape index (κ2) is 13.7. The van der Waals surface area contributed by atoms with E-state index in [1.54, 1.807) is 46.8 Å². The molecule has 1 rings (SSSR count). The van der Waals surface area contributed by atoms with Crippen molar-refractivity contribution in [2.45, 2.75) is 72.6 Å². The van der Waals surface area contributed by atoms with E-state index in [1.807, 2.05) is 19.9 Å². The molecule has 2 atom stereocenters. The molecule has 0 aliphatic heterocycles. The third-order valence-corrected chi connectivity index (χ3v) is 4.85. The summed E-state index contributed by atoms with van der Waals surface area (Å²) >= 11 is 0. The summed E-state index contributed by atoms with van der Waals surface area (Å²) in [6, 6.07) is 3.17. The van der Waals surface area contributed by atoms with Crippen molar-refractivity contribution in [2.75, 3.05) is 26.3 Å². The van der Waals surface area contributed by atoms with E-state index in [1.165, 1.54) is 4.90 Å². The zero-order valence-electron chi connectivity index (χ0n) is 21.8. The summed E-state index contributed by atoms with van der Waals surface area (Å²) in [7, 11) is 0. The molecular formula is C25H39N3O7. The van der Waals surface area contributed by atoms with Crippen LogP contribution in [0.25, 0.3) is 0 Å². The molecule has 10 heteroatoms. The van der Waals surface area contributed by atoms with Crippen LogP contribution in [0.3, 0.4) is 0 Å². The van der Waals surface area contributed by atoms with Crippen LogP contribution in [0.15, 0.2) is 18.2 Å². The predicted octanol–water partition coefficient (Wildman–Crippen LogP) is 2.15. The fraction of sp³-hybridized carbons (Fsp3) is 0.600. The van der Waals surface area contributed by atoms with Gasteiger partial charge in [0.2, 0.25) is 11.8 Å². The molecular weight excluding hydrogens is 454 g/mol. The van der Waals surface area contributed by atoms with Crippen LogP contribution in [0.4, 0.5) is 4.79 Å². The Morgan fingerprint density at radius 3 is 2.14 bits per heavy atom. The Kier molecular flexibility index (Phi) is 11.7. The first-order valence-electron chi connectivity index (χ1n) is 11.7. The maximum absolute atomic E-state index is 13.4. The number of amides is 3. The Balaban J connectivity index is 3.24. The molecule has 0 spiro atoms. The van der Waals surface area contributed by atoms with Gasteiger partial charge in [-0.15, -0.1) is 0 Å². The van der Waals surface area contributed by atoms with Crippen LogP contribution in [0.1, 0.15) is 63.8 Å². The van der Waals surface area contributed by atoms with Gasteiger partial charge in [0, 0.05) is 13.1 Å². The molecule has 0 radical (unpaired) electrons. The highest BCUT2D eigenvalue weighted by Crippen LogP contribution is 2.25. The van der Waals surface area contributed by atoms with E-state index in [4.69, 9.17) is 9.47 Å². The van der Waals surface area contributed by atoms with E-state index in [9.17, 15) is 24.3 Å². The lowest BCUT2D eigenvalue weighted by atomic mass is 9.98. The van der Waals surface area contributed by atoms with Crippen LogP contribution in [0, 0.1) is 13.8 Å². The number of esters is 1. The summed E-state index contributed by atoms with van der Waals surface area (Å²) < 4.78 is 10.1. The van der Waals surface area contributed by atoms with Crippen LogP contribution in [0.5, 0.6) is 0 Å². The third kappa shape index (κ3) is 9.94. The highest BCUT2D eigenvalue weighted by atomic mass is 16.6. The minimum atomic E-state index is -1.31. The van der Waals surface area contributed by atoms with Crippen LogP contribution < -0.4 is 10.6 Å². The van der Waals surface area contributed by atoms with Gasteiger partial charge in [-0.3, -0.25) is 14.4 Å². The first-order valence-corrected chi connectivity index (χ1v) is 11.7. The largest absolute Gasteiger partial charge is 0.466 e. The molecule has 0 fully saturated rings. The van der Waals surface area contributed by atoms with Gasteiger partial charge in [-0.25, -0.2) is 4.79 Å². The number of benzene rings is 1. The Morgan fingerprint density at radius 2 is 1.66 bits per heavy atom. The lowest BCUT2D eigenvalue weighted by Crippen LogP contribution is -2.54. The molecule has 1 aromatic carbocycles. The van der Waals surface area contributed by atoms with Crippen LogP contribution >= 0.6 is 0 Å². The molecule has 0 saturated carbocycles. The van der Waals surface area contributed by atoms with Crippen molar-refractivity contribution in [3.8, 4) is 0 Å². The zero-order chi connectivity index (χ0) is 26.8. The maximum Gasteiger partial charge on any atom is 0.408 e. The second-order valence-electron chi connectivity index (χ2n) is 9.18. The van der Waals surface area contributed by atoms with Crippen molar-refractivity contribution in [1.82, 2.24) is 15.5 Å². The van der Waals surface area contributed by atoms with E-state index in [0.717, 1.165) is 11.1 Å². The van der Waals surface area contributed by atoms with E-state index in [-0.39, 0.29) is 26.1 Å². The first kappa shape index (κ1) is 29.9. The number of rotatable bonds is 11. The number of nitrogens with one attached hydrogen (secondary N) is 2. The SMILES string of the molecule is CCOC(=O)CCNC(=O)C(c1cc(C)cc(C)c1)N(CC)C(=O)C(CO)NC(=O)OC(C)(C)C. The lowest BCUT2D eigenvalue weighted by molar-refractivity contribution is -0.144. The van der Waals surface area contributed by atoms with Gasteiger partial charge in [-0.05, 0) is 54.0 Å². The van der Waals surface area contributed by atoms with E-state index >= 15 is 0 Å². The number of nitrogens with zero attached hydrogens (tertiary/aromatic N) is 1. The van der Waals surface area contributed by atoms with Gasteiger partial charge in [0.05, 0.1) is 19.6 Å².